The fourth-order valence-corrected chi connectivity index (χ4v) is 4.11. The van der Waals surface area contributed by atoms with Crippen LogP contribution in [0.25, 0.3) is 11.3 Å². The Labute approximate surface area is 214 Å². The van der Waals surface area contributed by atoms with Gasteiger partial charge in [0.25, 0.3) is 5.91 Å². The molecule has 0 atom stereocenters. The first-order valence-corrected chi connectivity index (χ1v) is 12.1. The summed E-state index contributed by atoms with van der Waals surface area (Å²) in [5, 5.41) is 0.576. The molecule has 0 spiro atoms. The van der Waals surface area contributed by atoms with Crippen molar-refractivity contribution in [1.29, 1.82) is 0 Å². The number of ether oxygens (including phenoxy) is 2. The maximum Gasteiger partial charge on any atom is 0.260 e. The quantitative estimate of drug-likeness (QED) is 0.342. The zero-order valence-electron chi connectivity index (χ0n) is 19.6. The van der Waals surface area contributed by atoms with Crippen LogP contribution in [0.4, 0.5) is 5.95 Å². The van der Waals surface area contributed by atoms with Gasteiger partial charge < -0.3 is 19.3 Å². The van der Waals surface area contributed by atoms with Crippen molar-refractivity contribution in [2.45, 2.75) is 0 Å². The highest BCUT2D eigenvalue weighted by atomic mass is 35.5. The Hall–Kier alpha value is -4.10. The minimum absolute atomic E-state index is 0.0176. The zero-order chi connectivity index (χ0) is 24.7. The number of piperazine rings is 1. The summed E-state index contributed by atoms with van der Waals surface area (Å²) in [4.78, 5) is 25.7. The molecule has 1 aromatic heterocycles. The van der Waals surface area contributed by atoms with Crippen LogP contribution < -0.4 is 14.4 Å². The Morgan fingerprint density at radius 3 is 2.31 bits per heavy atom. The molecular formula is C28H25ClN4O3. The van der Waals surface area contributed by atoms with Crippen molar-refractivity contribution in [2.24, 2.45) is 0 Å². The van der Waals surface area contributed by atoms with Crippen LogP contribution in [0.5, 0.6) is 17.2 Å². The van der Waals surface area contributed by atoms with Gasteiger partial charge in [-0.1, -0.05) is 35.9 Å². The lowest BCUT2D eigenvalue weighted by Crippen LogP contribution is -2.50. The highest BCUT2D eigenvalue weighted by molar-refractivity contribution is 6.30. The molecule has 5 rings (SSSR count). The average molecular weight is 501 g/mol. The van der Waals surface area contributed by atoms with E-state index >= 15 is 0 Å². The van der Waals surface area contributed by atoms with Crippen molar-refractivity contribution in [3.63, 3.8) is 0 Å². The lowest BCUT2D eigenvalue weighted by atomic mass is 10.1. The molecule has 1 amide bonds. The van der Waals surface area contributed by atoms with E-state index in [0.29, 0.717) is 42.9 Å². The van der Waals surface area contributed by atoms with E-state index in [1.54, 1.807) is 35.4 Å². The molecule has 1 aliphatic rings. The van der Waals surface area contributed by atoms with Crippen molar-refractivity contribution in [1.82, 2.24) is 14.9 Å². The van der Waals surface area contributed by atoms with Crippen LogP contribution in [0, 0.1) is 0 Å². The smallest absolute Gasteiger partial charge is 0.260 e. The minimum Gasteiger partial charge on any atom is -0.484 e. The minimum atomic E-state index is -0.0536. The molecule has 8 heteroatoms. The topological polar surface area (TPSA) is 67.8 Å². The molecule has 7 nitrogen and oxygen atoms in total. The van der Waals surface area contributed by atoms with Gasteiger partial charge in [-0.05, 0) is 60.7 Å². The molecule has 2 heterocycles. The Morgan fingerprint density at radius 1 is 0.833 bits per heavy atom. The SMILES string of the molecule is O=C(COc1cccc(Cl)c1)N1CCN(c2nccc(-c3ccc(Oc4ccccc4)cc3)n2)CC1. The molecule has 182 valence electrons. The highest BCUT2D eigenvalue weighted by Crippen LogP contribution is 2.26. The second-order valence-electron chi connectivity index (χ2n) is 8.30. The lowest BCUT2D eigenvalue weighted by Gasteiger charge is -2.34. The number of carbonyl (C=O) groups is 1. The number of hydrogen-bond acceptors (Lipinski definition) is 6. The van der Waals surface area contributed by atoms with Gasteiger partial charge in [0, 0.05) is 43.0 Å². The molecule has 1 aliphatic heterocycles. The maximum absolute atomic E-state index is 12.6. The van der Waals surface area contributed by atoms with E-state index in [-0.39, 0.29) is 12.5 Å². The fourth-order valence-electron chi connectivity index (χ4n) is 3.93. The summed E-state index contributed by atoms with van der Waals surface area (Å²) >= 11 is 5.97. The number of halogens is 1. The summed E-state index contributed by atoms with van der Waals surface area (Å²) in [6, 6.07) is 26.4. The predicted octanol–water partition coefficient (Wildman–Crippen LogP) is 5.32. The van der Waals surface area contributed by atoms with Gasteiger partial charge >= 0.3 is 0 Å². The van der Waals surface area contributed by atoms with Crippen LogP contribution in [-0.2, 0) is 4.79 Å². The lowest BCUT2D eigenvalue weighted by molar-refractivity contribution is -0.133. The van der Waals surface area contributed by atoms with Crippen LogP contribution >= 0.6 is 11.6 Å². The molecule has 0 bridgehead atoms. The number of nitrogens with zero attached hydrogens (tertiary/aromatic N) is 4. The third-order valence-corrected chi connectivity index (χ3v) is 6.08. The Kier molecular flexibility index (Phi) is 7.28. The number of anilines is 1. The van der Waals surface area contributed by atoms with E-state index in [9.17, 15) is 4.79 Å². The van der Waals surface area contributed by atoms with Gasteiger partial charge in [0.2, 0.25) is 5.95 Å². The number of para-hydroxylation sites is 1. The molecule has 3 aromatic carbocycles. The van der Waals surface area contributed by atoms with E-state index in [4.69, 9.17) is 26.1 Å². The second kappa shape index (κ2) is 11.1. The number of hydrogen-bond donors (Lipinski definition) is 0. The van der Waals surface area contributed by atoms with Crippen molar-refractivity contribution >= 4 is 23.5 Å². The molecule has 1 fully saturated rings. The van der Waals surface area contributed by atoms with E-state index in [1.165, 1.54) is 0 Å². The predicted molar refractivity (Wildman–Crippen MR) is 140 cm³/mol. The third kappa shape index (κ3) is 5.93. The van der Waals surface area contributed by atoms with Crippen LogP contribution in [0.3, 0.4) is 0 Å². The van der Waals surface area contributed by atoms with Crippen LogP contribution in [0.1, 0.15) is 0 Å². The third-order valence-electron chi connectivity index (χ3n) is 5.85. The number of amides is 1. The molecule has 36 heavy (non-hydrogen) atoms. The van der Waals surface area contributed by atoms with Gasteiger partial charge in [0.1, 0.15) is 17.2 Å². The maximum atomic E-state index is 12.6. The summed E-state index contributed by atoms with van der Waals surface area (Å²) in [7, 11) is 0. The monoisotopic (exact) mass is 500 g/mol. The second-order valence-corrected chi connectivity index (χ2v) is 8.73. The summed E-state index contributed by atoms with van der Waals surface area (Å²) < 4.78 is 11.5. The first kappa shape index (κ1) is 23.6. The van der Waals surface area contributed by atoms with Crippen molar-refractivity contribution in [3.05, 3.63) is 96.1 Å². The molecule has 0 radical (unpaired) electrons. The van der Waals surface area contributed by atoms with E-state index in [0.717, 1.165) is 22.8 Å². The first-order valence-electron chi connectivity index (χ1n) is 11.7. The van der Waals surface area contributed by atoms with E-state index in [2.05, 4.69) is 9.88 Å². The van der Waals surface area contributed by atoms with Gasteiger partial charge in [-0.25, -0.2) is 9.97 Å². The molecule has 0 N–H and O–H groups in total. The zero-order valence-corrected chi connectivity index (χ0v) is 20.3. The van der Waals surface area contributed by atoms with Crippen molar-refractivity contribution < 1.29 is 14.3 Å². The number of benzene rings is 3. The van der Waals surface area contributed by atoms with Gasteiger partial charge in [-0.3, -0.25) is 4.79 Å². The summed E-state index contributed by atoms with van der Waals surface area (Å²) in [5.41, 5.74) is 1.81. The molecule has 0 unspecified atom stereocenters. The van der Waals surface area contributed by atoms with Crippen LogP contribution in [-0.4, -0.2) is 53.6 Å². The Balaban J connectivity index is 1.16. The summed E-state index contributed by atoms with van der Waals surface area (Å²) in [5.74, 6) is 2.74. The van der Waals surface area contributed by atoms with Gasteiger partial charge in [-0.15, -0.1) is 0 Å². The summed E-state index contributed by atoms with van der Waals surface area (Å²) in [6.07, 6.45) is 1.77. The van der Waals surface area contributed by atoms with Gasteiger partial charge in [-0.2, -0.15) is 0 Å². The highest BCUT2D eigenvalue weighted by Gasteiger charge is 2.23. The van der Waals surface area contributed by atoms with Crippen molar-refractivity contribution in [2.75, 3.05) is 37.7 Å². The van der Waals surface area contributed by atoms with E-state index in [1.807, 2.05) is 60.7 Å². The first-order chi connectivity index (χ1) is 17.6. The van der Waals surface area contributed by atoms with E-state index < -0.39 is 0 Å². The molecule has 4 aromatic rings. The number of aromatic nitrogens is 2. The van der Waals surface area contributed by atoms with Crippen LogP contribution in [0.15, 0.2) is 91.1 Å². The fraction of sp³-hybridized carbons (Fsp3) is 0.179. The number of rotatable bonds is 7. The Bertz CT molecular complexity index is 1310. The summed E-state index contributed by atoms with van der Waals surface area (Å²) in [6.45, 7) is 2.44. The van der Waals surface area contributed by atoms with Crippen molar-refractivity contribution in [3.8, 4) is 28.5 Å². The average Bonchev–Trinajstić information content (AvgIpc) is 2.93. The normalized spacial score (nSPS) is 13.4. The largest absolute Gasteiger partial charge is 0.484 e. The number of carbonyl (C=O) groups excluding carboxylic acids is 1. The molecule has 0 aliphatic carbocycles. The molecule has 1 saturated heterocycles. The van der Waals surface area contributed by atoms with Gasteiger partial charge in [0.15, 0.2) is 6.61 Å². The van der Waals surface area contributed by atoms with Gasteiger partial charge in [0.05, 0.1) is 5.69 Å². The molecule has 0 saturated carbocycles. The van der Waals surface area contributed by atoms with Crippen LogP contribution in [0.2, 0.25) is 5.02 Å². The molecular weight excluding hydrogens is 476 g/mol. The standard InChI is InChI=1S/C28H25ClN4O3/c29-22-5-4-8-25(19-22)35-20-27(34)32-15-17-33(18-16-32)28-30-14-13-26(31-28)21-9-11-24(12-10-21)36-23-6-2-1-3-7-23/h1-14,19H,15-18,20H2. The Morgan fingerprint density at radius 2 is 1.56 bits per heavy atom.